The smallest absolute Gasteiger partial charge is 0.191 e. The molecule has 2 rings (SSSR count). The van der Waals surface area contributed by atoms with Gasteiger partial charge in [0.15, 0.2) is 17.5 Å². The fourth-order valence-corrected chi connectivity index (χ4v) is 2.57. The lowest BCUT2D eigenvalue weighted by Crippen LogP contribution is -2.42. The molecule has 154 valence electrons. The van der Waals surface area contributed by atoms with Crippen molar-refractivity contribution in [3.8, 4) is 5.75 Å². The van der Waals surface area contributed by atoms with Gasteiger partial charge in [0, 0.05) is 6.54 Å². The van der Waals surface area contributed by atoms with Gasteiger partial charge in [-0.3, -0.25) is 0 Å². The number of hydrogen-bond donors (Lipinski definition) is 3. The van der Waals surface area contributed by atoms with Crippen molar-refractivity contribution in [3.05, 3.63) is 65.5 Å². The van der Waals surface area contributed by atoms with Crippen molar-refractivity contribution in [2.75, 3.05) is 13.1 Å². The topological polar surface area (TPSA) is 65.9 Å². The molecular weight excluding hydrogens is 472 g/mol. The Morgan fingerprint density at radius 3 is 2.39 bits per heavy atom. The molecule has 0 aliphatic carbocycles. The summed E-state index contributed by atoms with van der Waals surface area (Å²) in [6.07, 6.45) is 0.546. The van der Waals surface area contributed by atoms with Crippen molar-refractivity contribution in [1.82, 2.24) is 10.6 Å². The van der Waals surface area contributed by atoms with E-state index < -0.39 is 0 Å². The average molecular weight is 501 g/mol. The molecule has 28 heavy (non-hydrogen) atoms. The predicted molar refractivity (Wildman–Crippen MR) is 122 cm³/mol. The summed E-state index contributed by atoms with van der Waals surface area (Å²) < 4.78 is 19.6. The SMILES string of the molecule is CCNC(=NCc1ccccc1CO)NCC(CC)Oc1ccccc1F.I. The van der Waals surface area contributed by atoms with Crippen molar-refractivity contribution in [3.63, 3.8) is 0 Å². The van der Waals surface area contributed by atoms with Gasteiger partial charge in [-0.05, 0) is 36.6 Å². The molecule has 0 aliphatic rings. The zero-order valence-corrected chi connectivity index (χ0v) is 18.7. The van der Waals surface area contributed by atoms with E-state index in [4.69, 9.17) is 4.74 Å². The molecule has 0 heterocycles. The maximum absolute atomic E-state index is 13.8. The minimum atomic E-state index is -0.364. The highest BCUT2D eigenvalue weighted by Crippen LogP contribution is 2.17. The van der Waals surface area contributed by atoms with Crippen LogP contribution >= 0.6 is 24.0 Å². The number of aliphatic hydroxyl groups is 1. The number of nitrogens with one attached hydrogen (secondary N) is 2. The first-order valence-electron chi connectivity index (χ1n) is 9.28. The quantitative estimate of drug-likeness (QED) is 0.278. The van der Waals surface area contributed by atoms with Crippen LogP contribution in [0.2, 0.25) is 0 Å². The normalized spacial score (nSPS) is 12.1. The fourth-order valence-electron chi connectivity index (χ4n) is 2.57. The number of guanidine groups is 1. The van der Waals surface area contributed by atoms with E-state index in [1.807, 2.05) is 38.1 Å². The summed E-state index contributed by atoms with van der Waals surface area (Å²) in [6.45, 7) is 5.65. The summed E-state index contributed by atoms with van der Waals surface area (Å²) in [4.78, 5) is 4.58. The number of nitrogens with zero attached hydrogens (tertiary/aromatic N) is 1. The Morgan fingerprint density at radius 2 is 1.75 bits per heavy atom. The molecule has 7 heteroatoms. The molecular formula is C21H29FIN3O2. The Balaban J connectivity index is 0.00000392. The summed E-state index contributed by atoms with van der Waals surface area (Å²) in [5.74, 6) is 0.544. The van der Waals surface area contributed by atoms with Gasteiger partial charge in [-0.1, -0.05) is 43.3 Å². The van der Waals surface area contributed by atoms with Gasteiger partial charge in [0.1, 0.15) is 6.10 Å². The lowest BCUT2D eigenvalue weighted by molar-refractivity contribution is 0.191. The highest BCUT2D eigenvalue weighted by Gasteiger charge is 2.12. The molecule has 0 spiro atoms. The van der Waals surface area contributed by atoms with Crippen LogP contribution < -0.4 is 15.4 Å². The number of aliphatic hydroxyl groups excluding tert-OH is 1. The third kappa shape index (κ3) is 7.63. The first kappa shape index (κ1) is 24.2. The Morgan fingerprint density at radius 1 is 1.07 bits per heavy atom. The number of aliphatic imine (C=N–C) groups is 1. The van der Waals surface area contributed by atoms with E-state index in [9.17, 15) is 9.50 Å². The second-order valence-corrected chi connectivity index (χ2v) is 6.08. The number of benzene rings is 2. The van der Waals surface area contributed by atoms with Crippen LogP contribution in [-0.2, 0) is 13.2 Å². The molecule has 0 aromatic heterocycles. The Labute approximate surface area is 183 Å². The molecule has 0 saturated carbocycles. The fraction of sp³-hybridized carbons (Fsp3) is 0.381. The van der Waals surface area contributed by atoms with Crippen LogP contribution in [0, 0.1) is 5.82 Å². The summed E-state index contributed by atoms with van der Waals surface area (Å²) >= 11 is 0. The largest absolute Gasteiger partial charge is 0.486 e. The molecule has 5 nitrogen and oxygen atoms in total. The number of para-hydroxylation sites is 1. The van der Waals surface area contributed by atoms with E-state index in [1.165, 1.54) is 6.07 Å². The summed E-state index contributed by atoms with van der Waals surface area (Å²) in [6, 6.07) is 14.1. The van der Waals surface area contributed by atoms with E-state index in [0.29, 0.717) is 19.0 Å². The van der Waals surface area contributed by atoms with E-state index in [1.54, 1.807) is 18.2 Å². The molecule has 1 atom stereocenters. The lowest BCUT2D eigenvalue weighted by atomic mass is 10.1. The van der Waals surface area contributed by atoms with Gasteiger partial charge in [0.2, 0.25) is 0 Å². The molecule has 0 radical (unpaired) electrons. The van der Waals surface area contributed by atoms with Crippen molar-refractivity contribution < 1.29 is 14.2 Å². The van der Waals surface area contributed by atoms with Crippen LogP contribution in [0.3, 0.4) is 0 Å². The Hall–Kier alpha value is -1.87. The van der Waals surface area contributed by atoms with Crippen molar-refractivity contribution >= 4 is 29.9 Å². The highest BCUT2D eigenvalue weighted by atomic mass is 127. The van der Waals surface area contributed by atoms with E-state index in [-0.39, 0.29) is 48.3 Å². The van der Waals surface area contributed by atoms with Gasteiger partial charge in [-0.2, -0.15) is 0 Å². The van der Waals surface area contributed by atoms with E-state index in [0.717, 1.165) is 24.1 Å². The van der Waals surface area contributed by atoms with E-state index >= 15 is 0 Å². The van der Waals surface area contributed by atoms with Crippen molar-refractivity contribution in [2.45, 2.75) is 39.5 Å². The maximum atomic E-state index is 13.8. The highest BCUT2D eigenvalue weighted by molar-refractivity contribution is 14.0. The Kier molecular flexibility index (Phi) is 11.5. The third-order valence-electron chi connectivity index (χ3n) is 4.12. The molecule has 0 saturated heterocycles. The zero-order valence-electron chi connectivity index (χ0n) is 16.3. The van der Waals surface area contributed by atoms with Crippen LogP contribution in [0.5, 0.6) is 5.75 Å². The molecule has 1 unspecified atom stereocenters. The maximum Gasteiger partial charge on any atom is 0.191 e. The van der Waals surface area contributed by atoms with Gasteiger partial charge in [0.05, 0.1) is 19.7 Å². The lowest BCUT2D eigenvalue weighted by Gasteiger charge is -2.20. The standard InChI is InChI=1S/C21H28FN3O2.HI/c1-3-18(27-20-12-8-7-11-19(20)22)14-25-21(23-4-2)24-13-16-9-5-6-10-17(16)15-26;/h5-12,18,26H,3-4,13-15H2,1-2H3,(H2,23,24,25);1H. The number of halogens is 2. The van der Waals surface area contributed by atoms with Gasteiger partial charge in [0.25, 0.3) is 0 Å². The number of rotatable bonds is 9. The Bertz CT molecular complexity index is 743. The molecule has 2 aromatic carbocycles. The minimum Gasteiger partial charge on any atom is -0.486 e. The van der Waals surface area contributed by atoms with Gasteiger partial charge in [-0.15, -0.1) is 24.0 Å². The first-order valence-corrected chi connectivity index (χ1v) is 9.28. The summed E-state index contributed by atoms with van der Waals surface area (Å²) in [5.41, 5.74) is 1.85. The molecule has 0 aliphatic heterocycles. The van der Waals surface area contributed by atoms with Crippen molar-refractivity contribution in [1.29, 1.82) is 0 Å². The number of hydrogen-bond acceptors (Lipinski definition) is 3. The second kappa shape index (κ2) is 13.3. The van der Waals surface area contributed by atoms with Gasteiger partial charge in [-0.25, -0.2) is 9.38 Å². The van der Waals surface area contributed by atoms with Crippen LogP contribution in [0.4, 0.5) is 4.39 Å². The number of ether oxygens (including phenoxy) is 1. The monoisotopic (exact) mass is 501 g/mol. The van der Waals surface area contributed by atoms with Crippen LogP contribution in [0.1, 0.15) is 31.4 Å². The predicted octanol–water partition coefficient (Wildman–Crippen LogP) is 3.85. The summed E-state index contributed by atoms with van der Waals surface area (Å²) in [5, 5.41) is 15.9. The average Bonchev–Trinajstić information content (AvgIpc) is 2.70. The molecule has 0 fully saturated rings. The molecule has 2 aromatic rings. The van der Waals surface area contributed by atoms with Crippen molar-refractivity contribution in [2.24, 2.45) is 4.99 Å². The molecule has 0 amide bonds. The minimum absolute atomic E-state index is 0. The third-order valence-corrected chi connectivity index (χ3v) is 4.12. The zero-order chi connectivity index (χ0) is 19.5. The second-order valence-electron chi connectivity index (χ2n) is 6.08. The van der Waals surface area contributed by atoms with Crippen LogP contribution in [0.15, 0.2) is 53.5 Å². The van der Waals surface area contributed by atoms with E-state index in [2.05, 4.69) is 15.6 Å². The summed E-state index contributed by atoms with van der Waals surface area (Å²) in [7, 11) is 0. The molecule has 3 N–H and O–H groups in total. The van der Waals surface area contributed by atoms with Crippen LogP contribution in [0.25, 0.3) is 0 Å². The van der Waals surface area contributed by atoms with Gasteiger partial charge < -0.3 is 20.5 Å². The van der Waals surface area contributed by atoms with Crippen LogP contribution in [-0.4, -0.2) is 30.3 Å². The first-order chi connectivity index (χ1) is 13.2. The van der Waals surface area contributed by atoms with Gasteiger partial charge >= 0.3 is 0 Å². The molecule has 0 bridgehead atoms.